The van der Waals surface area contributed by atoms with Crippen LogP contribution < -0.4 is 11.1 Å². The lowest BCUT2D eigenvalue weighted by Crippen LogP contribution is -2.09. The predicted molar refractivity (Wildman–Crippen MR) is 139 cm³/mol. The van der Waals surface area contributed by atoms with Gasteiger partial charge in [-0.05, 0) is 60.7 Å². The molecule has 0 spiro atoms. The summed E-state index contributed by atoms with van der Waals surface area (Å²) in [6, 6.07) is 28.1. The fourth-order valence-electron chi connectivity index (χ4n) is 3.91. The van der Waals surface area contributed by atoms with Crippen molar-refractivity contribution in [2.24, 2.45) is 0 Å². The number of phenols is 2. The molecule has 0 aliphatic heterocycles. The normalized spacial score (nSPS) is 10.7. The first-order valence-electron chi connectivity index (χ1n) is 11.0. The third-order valence-electron chi connectivity index (χ3n) is 5.67. The molecule has 0 aliphatic carbocycles. The third kappa shape index (κ3) is 4.43. The number of nitrogens with zero attached hydrogens (tertiary/aromatic N) is 2. The fourth-order valence-corrected chi connectivity index (χ4v) is 3.91. The maximum atomic E-state index is 11.7. The quantitative estimate of drug-likeness (QED) is 0.289. The number of fused-ring (bicyclic) bond motifs is 2. The molecular formula is C28H20N4O4. The number of hydrogen-bond acceptors (Lipinski definition) is 6. The molecule has 4 N–H and O–H groups in total. The van der Waals surface area contributed by atoms with Gasteiger partial charge in [0.25, 0.3) is 11.1 Å². The number of rotatable bonds is 2. The Kier molecular flexibility index (Phi) is 5.98. The summed E-state index contributed by atoms with van der Waals surface area (Å²) < 4.78 is 0. The van der Waals surface area contributed by atoms with E-state index in [-0.39, 0.29) is 22.6 Å². The largest absolute Gasteiger partial charge is 0.508 e. The van der Waals surface area contributed by atoms with Crippen molar-refractivity contribution >= 4 is 21.5 Å². The molecule has 0 unspecified atom stereocenters. The molecule has 36 heavy (non-hydrogen) atoms. The van der Waals surface area contributed by atoms with E-state index in [4.69, 9.17) is 0 Å². The van der Waals surface area contributed by atoms with Gasteiger partial charge < -0.3 is 10.2 Å². The van der Waals surface area contributed by atoms with E-state index in [0.717, 1.165) is 21.9 Å². The molecule has 0 saturated carbocycles. The molecule has 6 aromatic rings. The Balaban J connectivity index is 0.000000148. The summed E-state index contributed by atoms with van der Waals surface area (Å²) in [5.41, 5.74) is 2.69. The van der Waals surface area contributed by atoms with Crippen LogP contribution in [0.15, 0.2) is 107 Å². The number of aromatic hydroxyl groups is 2. The summed E-state index contributed by atoms with van der Waals surface area (Å²) in [4.78, 5) is 23.3. The van der Waals surface area contributed by atoms with Gasteiger partial charge in [-0.15, -0.1) is 0 Å². The van der Waals surface area contributed by atoms with Crippen molar-refractivity contribution in [3.63, 3.8) is 0 Å². The highest BCUT2D eigenvalue weighted by Crippen LogP contribution is 2.26. The van der Waals surface area contributed by atoms with Crippen LogP contribution in [0.3, 0.4) is 0 Å². The number of hydrogen-bond donors (Lipinski definition) is 4. The standard InChI is InChI=1S/2C14H10N2O2/c2*17-10-7-5-9(6-8-10)13-11-3-1-2-4-12(11)14(18)16-15-13/h2*1-8,17H,(H,16,18). The van der Waals surface area contributed by atoms with E-state index in [1.165, 1.54) is 0 Å². The fraction of sp³-hybridized carbons (Fsp3) is 0. The highest BCUT2D eigenvalue weighted by atomic mass is 16.3. The van der Waals surface area contributed by atoms with E-state index in [2.05, 4.69) is 20.4 Å². The highest BCUT2D eigenvalue weighted by molar-refractivity contribution is 5.94. The van der Waals surface area contributed by atoms with Crippen LogP contribution in [0.4, 0.5) is 0 Å². The van der Waals surface area contributed by atoms with E-state index in [0.29, 0.717) is 22.2 Å². The van der Waals surface area contributed by atoms with Crippen molar-refractivity contribution in [2.75, 3.05) is 0 Å². The molecule has 0 saturated heterocycles. The first-order valence-corrected chi connectivity index (χ1v) is 11.0. The van der Waals surface area contributed by atoms with Gasteiger partial charge in [-0.25, -0.2) is 10.2 Å². The van der Waals surface area contributed by atoms with Crippen LogP contribution in [0.5, 0.6) is 11.5 Å². The van der Waals surface area contributed by atoms with Gasteiger partial charge in [0, 0.05) is 21.9 Å². The maximum absolute atomic E-state index is 11.7. The Morgan fingerprint density at radius 1 is 0.472 bits per heavy atom. The summed E-state index contributed by atoms with van der Waals surface area (Å²) in [7, 11) is 0. The van der Waals surface area contributed by atoms with Crippen LogP contribution in [-0.4, -0.2) is 30.6 Å². The summed E-state index contributed by atoms with van der Waals surface area (Å²) >= 11 is 0. The molecule has 8 heteroatoms. The van der Waals surface area contributed by atoms with Crippen molar-refractivity contribution < 1.29 is 10.2 Å². The maximum Gasteiger partial charge on any atom is 0.272 e. The second-order valence-electron chi connectivity index (χ2n) is 7.99. The zero-order valence-corrected chi connectivity index (χ0v) is 18.8. The van der Waals surface area contributed by atoms with Gasteiger partial charge in [0.05, 0.1) is 22.2 Å². The minimum Gasteiger partial charge on any atom is -0.508 e. The van der Waals surface area contributed by atoms with E-state index in [1.54, 1.807) is 60.7 Å². The highest BCUT2D eigenvalue weighted by Gasteiger charge is 2.09. The molecule has 6 rings (SSSR count). The molecule has 0 fully saturated rings. The Hall–Kier alpha value is -5.24. The summed E-state index contributed by atoms with van der Waals surface area (Å²) in [5.74, 6) is 0.403. The van der Waals surface area contributed by atoms with Gasteiger partial charge in [-0.2, -0.15) is 10.2 Å². The summed E-state index contributed by atoms with van der Waals surface area (Å²) in [6.07, 6.45) is 0. The summed E-state index contributed by atoms with van der Waals surface area (Å²) in [5, 5.41) is 34.5. The minimum absolute atomic E-state index is 0.201. The first kappa shape index (κ1) is 22.5. The Morgan fingerprint density at radius 2 is 0.806 bits per heavy atom. The van der Waals surface area contributed by atoms with Crippen LogP contribution in [0.25, 0.3) is 44.1 Å². The smallest absolute Gasteiger partial charge is 0.272 e. The Bertz CT molecular complexity index is 1660. The van der Waals surface area contributed by atoms with Crippen molar-refractivity contribution in [1.29, 1.82) is 0 Å². The molecular weight excluding hydrogens is 456 g/mol. The van der Waals surface area contributed by atoms with Gasteiger partial charge in [-0.3, -0.25) is 9.59 Å². The topological polar surface area (TPSA) is 132 Å². The molecule has 8 nitrogen and oxygen atoms in total. The Morgan fingerprint density at radius 3 is 1.17 bits per heavy atom. The van der Waals surface area contributed by atoms with Crippen LogP contribution in [0, 0.1) is 0 Å². The van der Waals surface area contributed by atoms with Crippen LogP contribution in [-0.2, 0) is 0 Å². The molecule has 0 radical (unpaired) electrons. The number of H-pyrrole nitrogens is 2. The zero-order chi connectivity index (χ0) is 25.1. The SMILES string of the molecule is O=c1[nH]nc(-c2ccc(O)cc2)c2ccccc12.O=c1[nH]nc(-c2ccc(O)cc2)c2ccccc12. The molecule has 2 heterocycles. The predicted octanol–water partition coefficient (Wildman–Crippen LogP) is 4.59. The van der Waals surface area contributed by atoms with Gasteiger partial charge in [0.15, 0.2) is 0 Å². The number of phenolic OH excluding ortho intramolecular Hbond substituents is 2. The van der Waals surface area contributed by atoms with Crippen molar-refractivity contribution in [1.82, 2.24) is 20.4 Å². The molecule has 0 atom stereocenters. The van der Waals surface area contributed by atoms with E-state index >= 15 is 0 Å². The number of nitrogens with one attached hydrogen (secondary N) is 2. The first-order chi connectivity index (χ1) is 17.5. The lowest BCUT2D eigenvalue weighted by atomic mass is 10.1. The average molecular weight is 476 g/mol. The second kappa shape index (κ2) is 9.55. The lowest BCUT2D eigenvalue weighted by Gasteiger charge is -2.04. The van der Waals surface area contributed by atoms with Crippen molar-refractivity contribution in [2.45, 2.75) is 0 Å². The number of aromatic amines is 2. The number of benzene rings is 4. The molecule has 2 aromatic heterocycles. The molecule has 4 aromatic carbocycles. The molecule has 0 bridgehead atoms. The monoisotopic (exact) mass is 476 g/mol. The zero-order valence-electron chi connectivity index (χ0n) is 18.8. The second-order valence-corrected chi connectivity index (χ2v) is 7.99. The number of aromatic nitrogens is 4. The van der Waals surface area contributed by atoms with Crippen molar-refractivity contribution in [3.05, 3.63) is 118 Å². The third-order valence-corrected chi connectivity index (χ3v) is 5.67. The molecule has 0 aliphatic rings. The van der Waals surface area contributed by atoms with Crippen LogP contribution >= 0.6 is 0 Å². The van der Waals surface area contributed by atoms with Gasteiger partial charge in [-0.1, -0.05) is 36.4 Å². The van der Waals surface area contributed by atoms with Gasteiger partial charge in [0.2, 0.25) is 0 Å². The molecule has 176 valence electrons. The van der Waals surface area contributed by atoms with Gasteiger partial charge >= 0.3 is 0 Å². The Labute approximate surface area is 204 Å². The van der Waals surface area contributed by atoms with Gasteiger partial charge in [0.1, 0.15) is 11.5 Å². The van der Waals surface area contributed by atoms with Crippen LogP contribution in [0.1, 0.15) is 0 Å². The van der Waals surface area contributed by atoms with Crippen molar-refractivity contribution in [3.8, 4) is 34.0 Å². The van der Waals surface area contributed by atoms with E-state index in [1.807, 2.05) is 36.4 Å². The molecule has 0 amide bonds. The van der Waals surface area contributed by atoms with E-state index < -0.39 is 0 Å². The van der Waals surface area contributed by atoms with E-state index in [9.17, 15) is 19.8 Å². The average Bonchev–Trinajstić information content (AvgIpc) is 2.91. The summed E-state index contributed by atoms with van der Waals surface area (Å²) in [6.45, 7) is 0. The lowest BCUT2D eigenvalue weighted by molar-refractivity contribution is 0.475. The minimum atomic E-state index is -0.201. The van der Waals surface area contributed by atoms with Crippen LogP contribution in [0.2, 0.25) is 0 Å².